The number of piperidine rings is 1. The Morgan fingerprint density at radius 2 is 1.91 bits per heavy atom. The first-order chi connectivity index (χ1) is 15.5. The zero-order valence-corrected chi connectivity index (χ0v) is 18.3. The highest BCUT2D eigenvalue weighted by Crippen LogP contribution is 2.26. The number of halogens is 1. The fourth-order valence-corrected chi connectivity index (χ4v) is 3.79. The Labute approximate surface area is 190 Å². The molecule has 1 aliphatic heterocycles. The number of pyridine rings is 1. The molecule has 8 heteroatoms. The molecule has 1 fully saturated rings. The van der Waals surface area contributed by atoms with Crippen molar-refractivity contribution >= 4 is 29.2 Å². The summed E-state index contributed by atoms with van der Waals surface area (Å²) in [6.07, 6.45) is 5.74. The van der Waals surface area contributed by atoms with E-state index in [1.807, 2.05) is 19.1 Å². The molecule has 1 saturated heterocycles. The Bertz CT molecular complexity index is 1300. The van der Waals surface area contributed by atoms with Gasteiger partial charge >= 0.3 is 0 Å². The third-order valence-electron chi connectivity index (χ3n) is 5.36. The topological polar surface area (TPSA) is 87.7 Å². The second-order valence-electron chi connectivity index (χ2n) is 7.60. The first-order valence-electron chi connectivity index (χ1n) is 10.3. The summed E-state index contributed by atoms with van der Waals surface area (Å²) in [5, 5.41) is 10.2. The highest BCUT2D eigenvalue weighted by Gasteiger charge is 2.23. The molecule has 0 unspecified atom stereocenters. The molecule has 0 spiro atoms. The minimum Gasteiger partial charge on any atom is -0.438 e. The number of aryl methyl sites for hydroxylation is 1. The second kappa shape index (κ2) is 9.25. The van der Waals surface area contributed by atoms with Gasteiger partial charge in [-0.1, -0.05) is 17.7 Å². The molecule has 0 aliphatic carbocycles. The summed E-state index contributed by atoms with van der Waals surface area (Å²) in [4.78, 5) is 32.4. The van der Waals surface area contributed by atoms with Gasteiger partial charge < -0.3 is 9.64 Å². The van der Waals surface area contributed by atoms with Gasteiger partial charge in [0.1, 0.15) is 28.6 Å². The van der Waals surface area contributed by atoms with E-state index < -0.39 is 11.5 Å². The van der Waals surface area contributed by atoms with E-state index in [0.717, 1.165) is 24.8 Å². The van der Waals surface area contributed by atoms with Crippen molar-refractivity contribution < 1.29 is 9.53 Å². The van der Waals surface area contributed by atoms with Crippen molar-refractivity contribution in [1.82, 2.24) is 14.3 Å². The predicted molar refractivity (Wildman–Crippen MR) is 122 cm³/mol. The number of rotatable bonds is 4. The number of nitrogens with zero attached hydrogens (tertiary/aromatic N) is 4. The molecule has 32 heavy (non-hydrogen) atoms. The molecule has 2 aromatic heterocycles. The quantitative estimate of drug-likeness (QED) is 0.437. The van der Waals surface area contributed by atoms with Crippen LogP contribution in [-0.4, -0.2) is 33.3 Å². The number of likely N-dealkylation sites (tertiary alicyclic amines) is 1. The fraction of sp³-hybridized carbons (Fsp3) is 0.250. The maximum atomic E-state index is 13.3. The number of hydrogen-bond donors (Lipinski definition) is 0. The van der Waals surface area contributed by atoms with Gasteiger partial charge in [0.2, 0.25) is 5.88 Å². The van der Waals surface area contributed by atoms with E-state index in [9.17, 15) is 14.9 Å². The van der Waals surface area contributed by atoms with E-state index in [4.69, 9.17) is 16.3 Å². The minimum absolute atomic E-state index is 0.0193. The number of nitriles is 1. The molecule has 4 rings (SSSR count). The summed E-state index contributed by atoms with van der Waals surface area (Å²) in [6.45, 7) is 3.03. The van der Waals surface area contributed by atoms with Crippen LogP contribution in [0.4, 0.5) is 0 Å². The molecule has 0 radical (unpaired) electrons. The summed E-state index contributed by atoms with van der Waals surface area (Å²) in [6, 6.07) is 12.2. The number of carbonyl (C=O) groups is 1. The van der Waals surface area contributed by atoms with Crippen LogP contribution in [0.25, 0.3) is 11.7 Å². The predicted octanol–water partition coefficient (Wildman–Crippen LogP) is 4.37. The summed E-state index contributed by atoms with van der Waals surface area (Å²) >= 11 is 5.95. The summed E-state index contributed by atoms with van der Waals surface area (Å²) in [5.41, 5.74) is 0.691. The standard InChI is InChI=1S/C24H21ClN4O3/c1-16-6-5-13-29-21(16)27-22(32-19-9-7-18(25)8-10-19)20(24(29)31)14-17(15-26)23(30)28-11-3-2-4-12-28/h5-10,13-14H,2-4,11-12H2,1H3/b17-14+. The summed E-state index contributed by atoms with van der Waals surface area (Å²) < 4.78 is 7.30. The lowest BCUT2D eigenvalue weighted by Gasteiger charge is -2.26. The first kappa shape index (κ1) is 21.6. The van der Waals surface area contributed by atoms with E-state index >= 15 is 0 Å². The highest BCUT2D eigenvalue weighted by atomic mass is 35.5. The van der Waals surface area contributed by atoms with Crippen LogP contribution in [0.15, 0.2) is 53.0 Å². The van der Waals surface area contributed by atoms with Crippen LogP contribution in [0.5, 0.6) is 11.6 Å². The first-order valence-corrected chi connectivity index (χ1v) is 10.7. The van der Waals surface area contributed by atoms with E-state index in [0.29, 0.717) is 29.5 Å². The number of ether oxygens (including phenoxy) is 1. The van der Waals surface area contributed by atoms with Gasteiger partial charge in [-0.05, 0) is 68.2 Å². The largest absolute Gasteiger partial charge is 0.438 e. The summed E-state index contributed by atoms with van der Waals surface area (Å²) in [7, 11) is 0. The minimum atomic E-state index is -0.429. The number of hydrogen-bond acceptors (Lipinski definition) is 5. The Morgan fingerprint density at radius 1 is 1.19 bits per heavy atom. The average Bonchev–Trinajstić information content (AvgIpc) is 2.81. The Kier molecular flexibility index (Phi) is 6.24. The van der Waals surface area contributed by atoms with Gasteiger partial charge in [0.25, 0.3) is 11.5 Å². The highest BCUT2D eigenvalue weighted by molar-refractivity contribution is 6.30. The van der Waals surface area contributed by atoms with E-state index in [1.165, 1.54) is 10.5 Å². The molecular formula is C24H21ClN4O3. The van der Waals surface area contributed by atoms with Gasteiger partial charge in [-0.3, -0.25) is 14.0 Å². The van der Waals surface area contributed by atoms with Crippen LogP contribution in [0.2, 0.25) is 5.02 Å². The molecule has 0 bridgehead atoms. The molecule has 1 amide bonds. The molecular weight excluding hydrogens is 428 g/mol. The number of carbonyl (C=O) groups excluding carboxylic acids is 1. The second-order valence-corrected chi connectivity index (χ2v) is 8.04. The van der Waals surface area contributed by atoms with Gasteiger partial charge in [-0.15, -0.1) is 0 Å². The SMILES string of the molecule is Cc1cccn2c(=O)c(/C=C(\C#N)C(=O)N3CCCCC3)c(Oc3ccc(Cl)cc3)nc12. The maximum Gasteiger partial charge on any atom is 0.269 e. The molecule has 0 atom stereocenters. The zero-order chi connectivity index (χ0) is 22.7. The van der Waals surface area contributed by atoms with Crippen molar-refractivity contribution in [3.8, 4) is 17.7 Å². The number of amides is 1. The number of fused-ring (bicyclic) bond motifs is 1. The molecule has 3 aromatic rings. The Balaban J connectivity index is 1.85. The summed E-state index contributed by atoms with van der Waals surface area (Å²) in [5.74, 6) is 0.0546. The van der Waals surface area contributed by atoms with Crippen LogP contribution in [0.3, 0.4) is 0 Å². The zero-order valence-electron chi connectivity index (χ0n) is 17.5. The molecule has 0 N–H and O–H groups in total. The number of benzene rings is 1. The number of aromatic nitrogens is 2. The van der Waals surface area contributed by atoms with Gasteiger partial charge in [0.05, 0.1) is 0 Å². The van der Waals surface area contributed by atoms with Gasteiger partial charge in [-0.2, -0.15) is 10.2 Å². The van der Waals surface area contributed by atoms with E-state index in [-0.39, 0.29) is 17.0 Å². The van der Waals surface area contributed by atoms with E-state index in [1.54, 1.807) is 41.4 Å². The van der Waals surface area contributed by atoms with Crippen molar-refractivity contribution in [3.63, 3.8) is 0 Å². The molecule has 1 aliphatic rings. The van der Waals surface area contributed by atoms with E-state index in [2.05, 4.69) is 4.98 Å². The Hall–Kier alpha value is -3.63. The fourth-order valence-electron chi connectivity index (χ4n) is 3.66. The molecule has 3 heterocycles. The van der Waals surface area contributed by atoms with Gasteiger partial charge in [0, 0.05) is 24.3 Å². The Morgan fingerprint density at radius 3 is 2.59 bits per heavy atom. The van der Waals surface area contributed by atoms with Gasteiger partial charge in [-0.25, -0.2) is 0 Å². The van der Waals surface area contributed by atoms with Crippen LogP contribution >= 0.6 is 11.6 Å². The smallest absolute Gasteiger partial charge is 0.269 e. The molecule has 162 valence electrons. The van der Waals surface area contributed by atoms with Crippen LogP contribution in [0.1, 0.15) is 30.4 Å². The normalized spacial score (nSPS) is 14.3. The molecule has 7 nitrogen and oxygen atoms in total. The monoisotopic (exact) mass is 448 g/mol. The van der Waals surface area contributed by atoms with Gasteiger partial charge in [0.15, 0.2) is 0 Å². The van der Waals surface area contributed by atoms with Crippen LogP contribution < -0.4 is 10.3 Å². The van der Waals surface area contributed by atoms with Crippen molar-refractivity contribution in [2.75, 3.05) is 13.1 Å². The van der Waals surface area contributed by atoms with Crippen LogP contribution in [0, 0.1) is 18.3 Å². The average molecular weight is 449 g/mol. The third-order valence-corrected chi connectivity index (χ3v) is 5.61. The lowest BCUT2D eigenvalue weighted by molar-refractivity contribution is -0.127. The molecule has 1 aromatic carbocycles. The molecule has 0 saturated carbocycles. The lowest BCUT2D eigenvalue weighted by atomic mass is 10.1. The van der Waals surface area contributed by atoms with Crippen molar-refractivity contribution in [3.05, 3.63) is 74.7 Å². The van der Waals surface area contributed by atoms with Crippen molar-refractivity contribution in [1.29, 1.82) is 5.26 Å². The van der Waals surface area contributed by atoms with Crippen molar-refractivity contribution in [2.24, 2.45) is 0 Å². The van der Waals surface area contributed by atoms with Crippen LogP contribution in [-0.2, 0) is 4.79 Å². The maximum absolute atomic E-state index is 13.3. The van der Waals surface area contributed by atoms with Crippen molar-refractivity contribution in [2.45, 2.75) is 26.2 Å². The lowest BCUT2D eigenvalue weighted by Crippen LogP contribution is -2.36. The third kappa shape index (κ3) is 4.36.